The molecular weight excluding hydrogens is 397 g/mol. The van der Waals surface area contributed by atoms with Crippen LogP contribution in [0, 0.1) is 5.82 Å². The van der Waals surface area contributed by atoms with E-state index in [1.54, 1.807) is 12.1 Å². The van der Waals surface area contributed by atoms with Gasteiger partial charge in [0.05, 0.1) is 6.67 Å². The highest BCUT2D eigenvalue weighted by atomic mass is 32.2. The van der Waals surface area contributed by atoms with Crippen molar-refractivity contribution in [2.75, 3.05) is 31.2 Å². The van der Waals surface area contributed by atoms with Gasteiger partial charge in [-0.25, -0.2) is 4.39 Å². The molecule has 1 spiro atoms. The number of carbonyl (C=O) groups is 1. The minimum Gasteiger partial charge on any atom is -0.339 e. The fraction of sp³-hybridized carbons (Fsp3) is 0.458. The number of nitrogens with zero attached hydrogens (tertiary/aromatic N) is 2. The van der Waals surface area contributed by atoms with E-state index in [0.29, 0.717) is 17.2 Å². The van der Waals surface area contributed by atoms with Gasteiger partial charge in [-0.15, -0.1) is 11.8 Å². The monoisotopic (exact) mass is 425 g/mol. The first-order valence-electron chi connectivity index (χ1n) is 10.9. The molecule has 3 saturated heterocycles. The second kappa shape index (κ2) is 8.23. The lowest BCUT2D eigenvalue weighted by atomic mass is 9.85. The number of anilines is 1. The van der Waals surface area contributed by atoms with Crippen molar-refractivity contribution in [1.82, 2.24) is 10.2 Å². The van der Waals surface area contributed by atoms with Crippen LogP contribution in [0.4, 0.5) is 10.1 Å². The lowest BCUT2D eigenvalue weighted by Gasteiger charge is -2.43. The van der Waals surface area contributed by atoms with Gasteiger partial charge in [-0.05, 0) is 55.5 Å². The number of halogens is 1. The maximum Gasteiger partial charge on any atom is 0.247 e. The van der Waals surface area contributed by atoms with Crippen LogP contribution in [0.1, 0.15) is 36.5 Å². The molecule has 6 heteroatoms. The first-order valence-corrected chi connectivity index (χ1v) is 11.8. The summed E-state index contributed by atoms with van der Waals surface area (Å²) in [6, 6.07) is 17.3. The number of amides is 1. The molecule has 3 heterocycles. The quantitative estimate of drug-likeness (QED) is 0.797. The number of nitrogens with one attached hydrogen (secondary N) is 1. The fourth-order valence-electron chi connectivity index (χ4n) is 5.19. The highest BCUT2D eigenvalue weighted by molar-refractivity contribution is 8.00. The summed E-state index contributed by atoms with van der Waals surface area (Å²) in [7, 11) is 0. The molecule has 0 aromatic heterocycles. The summed E-state index contributed by atoms with van der Waals surface area (Å²) in [5.41, 5.74) is 1.96. The maximum atomic E-state index is 13.2. The molecule has 158 valence electrons. The number of thioether (sulfide) groups is 1. The van der Waals surface area contributed by atoms with Gasteiger partial charge in [0.2, 0.25) is 5.91 Å². The first kappa shape index (κ1) is 19.9. The molecule has 2 aromatic rings. The Hall–Kier alpha value is -2.05. The maximum absolute atomic E-state index is 13.2. The van der Waals surface area contributed by atoms with Crippen LogP contribution in [-0.4, -0.2) is 47.9 Å². The van der Waals surface area contributed by atoms with E-state index in [0.717, 1.165) is 44.6 Å². The smallest absolute Gasteiger partial charge is 0.247 e. The molecule has 0 radical (unpaired) electrons. The Labute approximate surface area is 181 Å². The zero-order valence-electron chi connectivity index (χ0n) is 17.1. The van der Waals surface area contributed by atoms with Crippen LogP contribution in [0.2, 0.25) is 0 Å². The van der Waals surface area contributed by atoms with Crippen molar-refractivity contribution < 1.29 is 9.18 Å². The summed E-state index contributed by atoms with van der Waals surface area (Å²) < 4.78 is 13.2. The van der Waals surface area contributed by atoms with Gasteiger partial charge in [0, 0.05) is 35.8 Å². The number of likely N-dealkylation sites (tertiary alicyclic amines) is 1. The van der Waals surface area contributed by atoms with Crippen molar-refractivity contribution in [2.24, 2.45) is 0 Å². The van der Waals surface area contributed by atoms with Gasteiger partial charge in [0.15, 0.2) is 0 Å². The lowest BCUT2D eigenvalue weighted by molar-refractivity contribution is -0.125. The molecular formula is C24H28FN3OS. The number of piperidine rings is 1. The van der Waals surface area contributed by atoms with E-state index in [2.05, 4.69) is 27.2 Å². The third kappa shape index (κ3) is 3.71. The number of para-hydroxylation sites is 1. The Kier molecular flexibility index (Phi) is 5.46. The molecule has 1 N–H and O–H groups in total. The average Bonchev–Trinajstić information content (AvgIpc) is 3.36. The molecule has 5 rings (SSSR count). The molecule has 4 nitrogen and oxygen atoms in total. The van der Waals surface area contributed by atoms with Gasteiger partial charge < -0.3 is 15.1 Å². The van der Waals surface area contributed by atoms with Crippen molar-refractivity contribution in [1.29, 1.82) is 0 Å². The molecule has 0 bridgehead atoms. The molecule has 1 amide bonds. The third-order valence-corrected chi connectivity index (χ3v) is 8.51. The largest absolute Gasteiger partial charge is 0.339 e. The number of benzene rings is 2. The predicted molar refractivity (Wildman–Crippen MR) is 120 cm³/mol. The van der Waals surface area contributed by atoms with Crippen LogP contribution in [-0.2, 0) is 4.79 Å². The Morgan fingerprint density at radius 1 is 1.03 bits per heavy atom. The average molecular weight is 426 g/mol. The van der Waals surface area contributed by atoms with Crippen molar-refractivity contribution in [2.45, 2.75) is 41.7 Å². The van der Waals surface area contributed by atoms with Gasteiger partial charge in [0.1, 0.15) is 11.4 Å². The van der Waals surface area contributed by atoms with Gasteiger partial charge in [-0.1, -0.05) is 30.3 Å². The molecule has 3 aliphatic rings. The molecule has 3 fully saturated rings. The number of carbonyl (C=O) groups excluding carboxylic acids is 1. The summed E-state index contributed by atoms with van der Waals surface area (Å²) in [6.07, 6.45) is 4.09. The highest BCUT2D eigenvalue weighted by Crippen LogP contribution is 2.45. The molecule has 2 unspecified atom stereocenters. The zero-order valence-corrected chi connectivity index (χ0v) is 17.9. The van der Waals surface area contributed by atoms with Gasteiger partial charge in [0.25, 0.3) is 0 Å². The zero-order chi connectivity index (χ0) is 20.6. The standard InChI is InChI=1S/C24H28FN3OS/c25-19-8-6-18(7-9-19)22-11-10-21(30-22)16-27-14-12-24(13-15-27)23(29)26-17-28(24)20-4-2-1-3-5-20/h1-9,21-22H,10-17H2,(H,26,29). The summed E-state index contributed by atoms with van der Waals surface area (Å²) >= 11 is 2.03. The molecule has 0 saturated carbocycles. The van der Waals surface area contributed by atoms with E-state index < -0.39 is 5.54 Å². The van der Waals surface area contributed by atoms with Crippen LogP contribution in [0.5, 0.6) is 0 Å². The van der Waals surface area contributed by atoms with Crippen LogP contribution < -0.4 is 10.2 Å². The normalized spacial score (nSPS) is 26.3. The fourth-order valence-corrected chi connectivity index (χ4v) is 6.81. The Balaban J connectivity index is 1.19. The van der Waals surface area contributed by atoms with E-state index in [1.807, 2.05) is 42.1 Å². The topological polar surface area (TPSA) is 35.6 Å². The number of hydrogen-bond donors (Lipinski definition) is 1. The summed E-state index contributed by atoms with van der Waals surface area (Å²) in [5.74, 6) is 0.0126. The Bertz CT molecular complexity index is 883. The minimum atomic E-state index is -0.405. The van der Waals surface area contributed by atoms with E-state index in [-0.39, 0.29) is 11.7 Å². The van der Waals surface area contributed by atoms with E-state index >= 15 is 0 Å². The second-order valence-electron chi connectivity index (χ2n) is 8.64. The molecule has 30 heavy (non-hydrogen) atoms. The number of rotatable bonds is 4. The number of hydrogen-bond acceptors (Lipinski definition) is 4. The van der Waals surface area contributed by atoms with Crippen LogP contribution >= 0.6 is 11.8 Å². The summed E-state index contributed by atoms with van der Waals surface area (Å²) in [4.78, 5) is 17.6. The van der Waals surface area contributed by atoms with Crippen molar-refractivity contribution in [3.63, 3.8) is 0 Å². The van der Waals surface area contributed by atoms with Gasteiger partial charge in [-0.2, -0.15) is 0 Å². The van der Waals surface area contributed by atoms with Crippen LogP contribution in [0.3, 0.4) is 0 Å². The SMILES string of the molecule is O=C1NCN(c2ccccc2)C12CCN(CC1CCC(c3ccc(F)cc3)S1)CC2. The third-order valence-electron chi connectivity index (χ3n) is 6.90. The Morgan fingerprint density at radius 2 is 1.77 bits per heavy atom. The van der Waals surface area contributed by atoms with E-state index in [9.17, 15) is 9.18 Å². The molecule has 2 atom stereocenters. The van der Waals surface area contributed by atoms with Gasteiger partial charge >= 0.3 is 0 Å². The van der Waals surface area contributed by atoms with Crippen molar-refractivity contribution in [3.05, 3.63) is 66.0 Å². The van der Waals surface area contributed by atoms with E-state index in [1.165, 1.54) is 12.0 Å². The highest BCUT2D eigenvalue weighted by Gasteiger charge is 2.50. The van der Waals surface area contributed by atoms with Crippen LogP contribution in [0.15, 0.2) is 54.6 Å². The minimum absolute atomic E-state index is 0.166. The second-order valence-corrected chi connectivity index (χ2v) is 10.1. The van der Waals surface area contributed by atoms with Crippen molar-refractivity contribution in [3.8, 4) is 0 Å². The molecule has 0 aliphatic carbocycles. The summed E-state index contributed by atoms with van der Waals surface area (Å²) in [5, 5.41) is 4.16. The summed E-state index contributed by atoms with van der Waals surface area (Å²) in [6.45, 7) is 3.58. The van der Waals surface area contributed by atoms with Crippen LogP contribution in [0.25, 0.3) is 0 Å². The Morgan fingerprint density at radius 3 is 2.50 bits per heavy atom. The first-order chi connectivity index (χ1) is 14.6. The lowest BCUT2D eigenvalue weighted by Crippen LogP contribution is -2.56. The van der Waals surface area contributed by atoms with E-state index in [4.69, 9.17) is 0 Å². The molecule has 2 aromatic carbocycles. The van der Waals surface area contributed by atoms with Crippen molar-refractivity contribution >= 4 is 23.4 Å². The molecule has 3 aliphatic heterocycles. The van der Waals surface area contributed by atoms with Gasteiger partial charge in [-0.3, -0.25) is 4.79 Å². The predicted octanol–water partition coefficient (Wildman–Crippen LogP) is 4.19.